The molecule has 0 saturated carbocycles. The Kier molecular flexibility index (Phi) is 7.97. The van der Waals surface area contributed by atoms with E-state index in [-0.39, 0.29) is 0 Å². The summed E-state index contributed by atoms with van der Waals surface area (Å²) < 4.78 is 7.00. The molecule has 1 atom stereocenters. The van der Waals surface area contributed by atoms with Crippen molar-refractivity contribution < 1.29 is 4.42 Å². The summed E-state index contributed by atoms with van der Waals surface area (Å²) >= 11 is 0. The first-order valence-electron chi connectivity index (χ1n) is 19.8. The highest BCUT2D eigenvalue weighted by molar-refractivity contribution is 6.02. The molecule has 274 valence electrons. The number of allylic oxidation sites excluding steroid dienone is 1. The largest absolute Gasteiger partial charge is 0.459 e. The summed E-state index contributed by atoms with van der Waals surface area (Å²) in [6, 6.07) is 66.1. The summed E-state index contributed by atoms with van der Waals surface area (Å²) in [7, 11) is 0. The van der Waals surface area contributed by atoms with Crippen LogP contribution in [0.4, 0.5) is 0 Å². The molecule has 0 fully saturated rings. The predicted octanol–water partition coefficient (Wildman–Crippen LogP) is 13.7. The zero-order valence-electron chi connectivity index (χ0n) is 31.9. The summed E-state index contributed by atoms with van der Waals surface area (Å²) in [5.41, 5.74) is 10.2. The van der Waals surface area contributed by atoms with Gasteiger partial charge in [-0.2, -0.15) is 0 Å². The Bertz CT molecular complexity index is 3200. The molecule has 1 aliphatic carbocycles. The first-order valence-corrected chi connectivity index (χ1v) is 19.8. The molecular weight excluding hydrogens is 707 g/mol. The van der Waals surface area contributed by atoms with Crippen LogP contribution in [0.15, 0.2) is 199 Å². The van der Waals surface area contributed by atoms with E-state index in [1.807, 2.05) is 12.1 Å². The Morgan fingerprint density at radius 2 is 1.02 bits per heavy atom. The average molecular weight is 744 g/mol. The molecule has 0 bridgehead atoms. The van der Waals surface area contributed by atoms with Crippen molar-refractivity contribution in [3.05, 3.63) is 217 Å². The topological polar surface area (TPSA) is 51.8 Å². The van der Waals surface area contributed by atoms with E-state index in [4.69, 9.17) is 19.4 Å². The maximum atomic E-state index is 7.00. The Balaban J connectivity index is 1.10. The minimum absolute atomic E-state index is 0.475. The number of rotatable bonds is 6. The van der Waals surface area contributed by atoms with Crippen LogP contribution in [0, 0.1) is 0 Å². The molecule has 1 unspecified atom stereocenters. The molecule has 0 radical (unpaired) electrons. The van der Waals surface area contributed by atoms with Gasteiger partial charge in [0.25, 0.3) is 0 Å². The van der Waals surface area contributed by atoms with Crippen molar-refractivity contribution in [2.45, 2.75) is 18.8 Å². The fraction of sp³-hybridized carbons (Fsp3) is 0.0556. The average Bonchev–Trinajstić information content (AvgIpc) is 3.70. The summed E-state index contributed by atoms with van der Waals surface area (Å²) in [5.74, 6) is 2.80. The van der Waals surface area contributed by atoms with Crippen LogP contribution < -0.4 is 0 Å². The Morgan fingerprint density at radius 1 is 0.448 bits per heavy atom. The van der Waals surface area contributed by atoms with Crippen LogP contribution in [0.5, 0.6) is 0 Å². The quantitative estimate of drug-likeness (QED) is 0.170. The zero-order chi connectivity index (χ0) is 38.6. The summed E-state index contributed by atoms with van der Waals surface area (Å²) in [6.07, 6.45) is 3.02. The monoisotopic (exact) mass is 743 g/mol. The fourth-order valence-corrected chi connectivity index (χ4v) is 8.81. The SMILES string of the molecule is CC1(c2ccc(-c3ccccc3)c3ccccc23)CC=C(c2nc(-c3ccc(-c4ccccc4)cc3)nc(-c3ccc4ccccc4c3)n2)c2c1oc1ccccc21. The minimum atomic E-state index is -0.475. The van der Waals surface area contributed by atoms with Gasteiger partial charge in [-0.25, -0.2) is 15.0 Å². The molecule has 0 aliphatic heterocycles. The second kappa shape index (κ2) is 13.6. The molecule has 8 aromatic carbocycles. The summed E-state index contributed by atoms with van der Waals surface area (Å²) in [5, 5.41) is 5.79. The molecule has 0 N–H and O–H groups in total. The smallest absolute Gasteiger partial charge is 0.164 e. The number of furan rings is 1. The number of benzene rings is 8. The minimum Gasteiger partial charge on any atom is -0.459 e. The van der Waals surface area contributed by atoms with Crippen molar-refractivity contribution >= 4 is 38.1 Å². The van der Waals surface area contributed by atoms with Gasteiger partial charge in [0.05, 0.1) is 5.41 Å². The fourth-order valence-electron chi connectivity index (χ4n) is 8.81. The highest BCUT2D eigenvalue weighted by atomic mass is 16.3. The molecule has 4 nitrogen and oxygen atoms in total. The zero-order valence-corrected chi connectivity index (χ0v) is 31.9. The maximum Gasteiger partial charge on any atom is 0.164 e. The van der Waals surface area contributed by atoms with Gasteiger partial charge < -0.3 is 4.42 Å². The maximum absolute atomic E-state index is 7.00. The van der Waals surface area contributed by atoms with Crippen LogP contribution in [0.3, 0.4) is 0 Å². The van der Waals surface area contributed by atoms with E-state index in [9.17, 15) is 0 Å². The first kappa shape index (κ1) is 33.9. The second-order valence-electron chi connectivity index (χ2n) is 15.3. The molecular formula is C54H37N3O. The van der Waals surface area contributed by atoms with Gasteiger partial charge in [0.1, 0.15) is 11.3 Å². The van der Waals surface area contributed by atoms with Crippen molar-refractivity contribution in [1.82, 2.24) is 15.0 Å². The van der Waals surface area contributed by atoms with E-state index < -0.39 is 5.41 Å². The predicted molar refractivity (Wildman–Crippen MR) is 237 cm³/mol. The highest BCUT2D eigenvalue weighted by Crippen LogP contribution is 2.51. The molecule has 4 heteroatoms. The molecule has 0 saturated heterocycles. The standard InChI is InChI=1S/C54H37N3O/c1-54(47-31-30-42(38-17-6-3-7-18-38)43-20-10-11-21-44(43)47)33-32-46(49-45-22-12-13-23-48(45)58-50(49)54)53-56-51(39-27-24-37(25-28-39)35-14-4-2-5-15-35)55-52(57-53)41-29-26-36-16-8-9-19-40(36)34-41/h2-32,34H,33H2,1H3. The highest BCUT2D eigenvalue weighted by Gasteiger charge is 2.41. The molecule has 0 spiro atoms. The molecule has 2 aromatic heterocycles. The summed E-state index contributed by atoms with van der Waals surface area (Å²) in [4.78, 5) is 15.7. The third-order valence-electron chi connectivity index (χ3n) is 11.8. The van der Waals surface area contributed by atoms with Crippen LogP contribution >= 0.6 is 0 Å². The van der Waals surface area contributed by atoms with Crippen molar-refractivity contribution in [3.8, 4) is 45.0 Å². The lowest BCUT2D eigenvalue weighted by Crippen LogP contribution is -2.27. The van der Waals surface area contributed by atoms with E-state index in [1.54, 1.807) is 0 Å². The molecule has 11 rings (SSSR count). The first-order chi connectivity index (χ1) is 28.6. The van der Waals surface area contributed by atoms with Gasteiger partial charge in [-0.1, -0.05) is 182 Å². The van der Waals surface area contributed by atoms with E-state index in [0.29, 0.717) is 23.9 Å². The lowest BCUT2D eigenvalue weighted by Gasteiger charge is -2.33. The van der Waals surface area contributed by atoms with Crippen LogP contribution in [0.2, 0.25) is 0 Å². The Morgan fingerprint density at radius 3 is 1.79 bits per heavy atom. The number of para-hydroxylation sites is 1. The molecule has 58 heavy (non-hydrogen) atoms. The van der Waals surface area contributed by atoms with Crippen LogP contribution in [-0.2, 0) is 5.41 Å². The third kappa shape index (κ3) is 5.64. The lowest BCUT2D eigenvalue weighted by atomic mass is 9.69. The number of aromatic nitrogens is 3. The molecule has 10 aromatic rings. The van der Waals surface area contributed by atoms with Crippen LogP contribution in [0.25, 0.3) is 83.1 Å². The van der Waals surface area contributed by atoms with E-state index in [2.05, 4.69) is 189 Å². The van der Waals surface area contributed by atoms with Crippen molar-refractivity contribution in [2.75, 3.05) is 0 Å². The number of hydrogen-bond donors (Lipinski definition) is 0. The van der Waals surface area contributed by atoms with Gasteiger partial charge in [0, 0.05) is 27.6 Å². The second-order valence-corrected chi connectivity index (χ2v) is 15.3. The summed E-state index contributed by atoms with van der Waals surface area (Å²) in [6.45, 7) is 2.32. The van der Waals surface area contributed by atoms with Crippen molar-refractivity contribution in [2.24, 2.45) is 0 Å². The van der Waals surface area contributed by atoms with E-state index in [0.717, 1.165) is 49.9 Å². The van der Waals surface area contributed by atoms with Gasteiger partial charge in [-0.05, 0) is 74.8 Å². The van der Waals surface area contributed by atoms with Gasteiger partial charge in [-0.3, -0.25) is 0 Å². The molecule has 0 amide bonds. The van der Waals surface area contributed by atoms with E-state index in [1.165, 1.54) is 38.4 Å². The van der Waals surface area contributed by atoms with E-state index >= 15 is 0 Å². The van der Waals surface area contributed by atoms with Crippen LogP contribution in [-0.4, -0.2) is 15.0 Å². The van der Waals surface area contributed by atoms with Crippen molar-refractivity contribution in [3.63, 3.8) is 0 Å². The van der Waals surface area contributed by atoms with Gasteiger partial charge in [-0.15, -0.1) is 0 Å². The van der Waals surface area contributed by atoms with Gasteiger partial charge in [0.2, 0.25) is 0 Å². The van der Waals surface area contributed by atoms with Crippen LogP contribution in [0.1, 0.15) is 36.1 Å². The number of fused-ring (bicyclic) bond motifs is 5. The lowest BCUT2D eigenvalue weighted by molar-refractivity contribution is 0.426. The van der Waals surface area contributed by atoms with Gasteiger partial charge >= 0.3 is 0 Å². The number of hydrogen-bond acceptors (Lipinski definition) is 4. The molecule has 2 heterocycles. The molecule has 1 aliphatic rings. The van der Waals surface area contributed by atoms with Crippen molar-refractivity contribution in [1.29, 1.82) is 0 Å². The van der Waals surface area contributed by atoms with Gasteiger partial charge in [0.15, 0.2) is 17.5 Å². The normalized spacial score (nSPS) is 15.1. The number of nitrogens with zero attached hydrogens (tertiary/aromatic N) is 3. The Hall–Kier alpha value is -7.43. The Labute approximate surface area is 336 Å². The third-order valence-corrected chi connectivity index (χ3v) is 11.8.